The van der Waals surface area contributed by atoms with Gasteiger partial charge in [-0.3, -0.25) is 4.90 Å². The molecule has 1 aromatic heterocycles. The molecule has 0 spiro atoms. The van der Waals surface area contributed by atoms with Gasteiger partial charge in [-0.2, -0.15) is 0 Å². The van der Waals surface area contributed by atoms with Gasteiger partial charge in [0.2, 0.25) is 5.88 Å². The highest BCUT2D eigenvalue weighted by atomic mass is 16.5. The fraction of sp³-hybridized carbons (Fsp3) is 0.667. The summed E-state index contributed by atoms with van der Waals surface area (Å²) in [5.41, 5.74) is 7.55. The third-order valence-electron chi connectivity index (χ3n) is 3.69. The summed E-state index contributed by atoms with van der Waals surface area (Å²) < 4.78 is 5.12. The summed E-state index contributed by atoms with van der Waals surface area (Å²) in [5.74, 6) is 1.31. The van der Waals surface area contributed by atoms with Crippen LogP contribution in [0.4, 0.5) is 0 Å². The number of pyridine rings is 1. The van der Waals surface area contributed by atoms with Gasteiger partial charge in [-0.15, -0.1) is 0 Å². The van der Waals surface area contributed by atoms with Gasteiger partial charge in [0.25, 0.3) is 0 Å². The Bertz CT molecular complexity index is 391. The SMILES string of the molecule is COc1ccc(C2C(N)CCCN2CC(C)C)cn1. The first-order valence-corrected chi connectivity index (χ1v) is 7.11. The molecule has 0 bridgehead atoms. The van der Waals surface area contributed by atoms with E-state index < -0.39 is 0 Å². The summed E-state index contributed by atoms with van der Waals surface area (Å²) in [6, 6.07) is 4.50. The number of piperidine rings is 1. The molecule has 0 amide bonds. The van der Waals surface area contributed by atoms with E-state index in [0.29, 0.717) is 11.8 Å². The van der Waals surface area contributed by atoms with Crippen LogP contribution in [0, 0.1) is 5.92 Å². The number of rotatable bonds is 4. The maximum Gasteiger partial charge on any atom is 0.212 e. The molecule has 0 aliphatic carbocycles. The van der Waals surface area contributed by atoms with E-state index in [9.17, 15) is 0 Å². The van der Waals surface area contributed by atoms with Crippen LogP contribution >= 0.6 is 0 Å². The number of hydrogen-bond acceptors (Lipinski definition) is 4. The van der Waals surface area contributed by atoms with Crippen LogP contribution in [-0.2, 0) is 0 Å². The lowest BCUT2D eigenvalue weighted by molar-refractivity contribution is 0.113. The molecule has 0 aromatic carbocycles. The minimum Gasteiger partial charge on any atom is -0.481 e. The molecule has 0 radical (unpaired) electrons. The van der Waals surface area contributed by atoms with Gasteiger partial charge >= 0.3 is 0 Å². The third-order valence-corrected chi connectivity index (χ3v) is 3.69. The largest absolute Gasteiger partial charge is 0.481 e. The van der Waals surface area contributed by atoms with Crippen LogP contribution < -0.4 is 10.5 Å². The highest BCUT2D eigenvalue weighted by molar-refractivity contribution is 5.22. The average Bonchev–Trinajstić information content (AvgIpc) is 2.38. The number of nitrogens with zero attached hydrogens (tertiary/aromatic N) is 2. The van der Waals surface area contributed by atoms with Crippen LogP contribution in [0.2, 0.25) is 0 Å². The van der Waals surface area contributed by atoms with Crippen LogP contribution in [0.1, 0.15) is 38.3 Å². The molecule has 1 saturated heterocycles. The number of methoxy groups -OCH3 is 1. The summed E-state index contributed by atoms with van der Waals surface area (Å²) in [5, 5.41) is 0. The number of ether oxygens (including phenoxy) is 1. The van der Waals surface area contributed by atoms with Crippen molar-refractivity contribution in [3.8, 4) is 5.88 Å². The van der Waals surface area contributed by atoms with E-state index in [4.69, 9.17) is 10.5 Å². The predicted octanol–water partition coefficient (Wildman–Crippen LogP) is 2.21. The lowest BCUT2D eigenvalue weighted by atomic mass is 9.91. The van der Waals surface area contributed by atoms with Crippen LogP contribution in [0.5, 0.6) is 5.88 Å². The summed E-state index contributed by atoms with van der Waals surface area (Å²) in [6.07, 6.45) is 4.18. The zero-order chi connectivity index (χ0) is 13.8. The van der Waals surface area contributed by atoms with E-state index in [1.807, 2.05) is 12.3 Å². The number of likely N-dealkylation sites (tertiary alicyclic amines) is 1. The zero-order valence-electron chi connectivity index (χ0n) is 12.2. The summed E-state index contributed by atoms with van der Waals surface area (Å²) in [7, 11) is 1.64. The van der Waals surface area contributed by atoms with E-state index in [-0.39, 0.29) is 12.1 Å². The molecule has 1 aliphatic heterocycles. The zero-order valence-corrected chi connectivity index (χ0v) is 12.2. The second-order valence-corrected chi connectivity index (χ2v) is 5.77. The summed E-state index contributed by atoms with van der Waals surface area (Å²) >= 11 is 0. The Morgan fingerprint density at radius 3 is 2.84 bits per heavy atom. The molecule has 2 rings (SSSR count). The van der Waals surface area contributed by atoms with E-state index in [0.717, 1.165) is 19.5 Å². The van der Waals surface area contributed by atoms with Crippen LogP contribution in [0.15, 0.2) is 18.3 Å². The highest BCUT2D eigenvalue weighted by Gasteiger charge is 2.30. The molecule has 19 heavy (non-hydrogen) atoms. The number of hydrogen-bond donors (Lipinski definition) is 1. The van der Waals surface area contributed by atoms with Gasteiger partial charge in [0.1, 0.15) is 0 Å². The Balaban J connectivity index is 2.19. The predicted molar refractivity (Wildman–Crippen MR) is 77.2 cm³/mol. The fourth-order valence-electron chi connectivity index (χ4n) is 2.92. The smallest absolute Gasteiger partial charge is 0.212 e. The first kappa shape index (κ1) is 14.3. The molecule has 1 aromatic rings. The van der Waals surface area contributed by atoms with E-state index in [1.165, 1.54) is 12.0 Å². The Morgan fingerprint density at radius 1 is 1.47 bits per heavy atom. The van der Waals surface area contributed by atoms with Crippen LogP contribution in [0.3, 0.4) is 0 Å². The van der Waals surface area contributed by atoms with Crippen molar-refractivity contribution in [3.63, 3.8) is 0 Å². The Kier molecular flexibility index (Phi) is 4.77. The molecule has 2 heterocycles. The van der Waals surface area contributed by atoms with Crippen molar-refractivity contribution < 1.29 is 4.74 Å². The maximum atomic E-state index is 6.35. The monoisotopic (exact) mass is 263 g/mol. The molecule has 2 N–H and O–H groups in total. The lowest BCUT2D eigenvalue weighted by Crippen LogP contribution is -2.47. The molecule has 2 unspecified atom stereocenters. The standard InChI is InChI=1S/C15H25N3O/c1-11(2)10-18-8-4-5-13(16)15(18)12-6-7-14(19-3)17-9-12/h6-7,9,11,13,15H,4-5,8,10,16H2,1-3H3. The van der Waals surface area contributed by atoms with Gasteiger partial charge < -0.3 is 10.5 Å². The van der Waals surface area contributed by atoms with E-state index in [1.54, 1.807) is 7.11 Å². The molecule has 1 fully saturated rings. The van der Waals surface area contributed by atoms with Crippen LogP contribution in [-0.4, -0.2) is 36.1 Å². The highest BCUT2D eigenvalue weighted by Crippen LogP contribution is 2.30. The van der Waals surface area contributed by atoms with E-state index >= 15 is 0 Å². The summed E-state index contributed by atoms with van der Waals surface area (Å²) in [6.45, 7) is 6.72. The first-order chi connectivity index (χ1) is 9.11. The molecule has 4 nitrogen and oxygen atoms in total. The minimum absolute atomic E-state index is 0.197. The molecule has 1 aliphatic rings. The van der Waals surface area contributed by atoms with Gasteiger partial charge in [-0.25, -0.2) is 4.98 Å². The molecule has 4 heteroatoms. The third kappa shape index (κ3) is 3.45. The van der Waals surface area contributed by atoms with Gasteiger partial charge in [-0.05, 0) is 30.9 Å². The topological polar surface area (TPSA) is 51.4 Å². The quantitative estimate of drug-likeness (QED) is 0.905. The van der Waals surface area contributed by atoms with Crippen molar-refractivity contribution in [1.82, 2.24) is 9.88 Å². The first-order valence-electron chi connectivity index (χ1n) is 7.11. The maximum absolute atomic E-state index is 6.35. The van der Waals surface area contributed by atoms with Crippen molar-refractivity contribution >= 4 is 0 Å². The Morgan fingerprint density at radius 2 is 2.26 bits per heavy atom. The van der Waals surface area contributed by atoms with Gasteiger partial charge in [0.05, 0.1) is 13.2 Å². The molecule has 0 saturated carbocycles. The fourth-order valence-corrected chi connectivity index (χ4v) is 2.92. The van der Waals surface area contributed by atoms with Crippen molar-refractivity contribution in [2.75, 3.05) is 20.2 Å². The lowest BCUT2D eigenvalue weighted by Gasteiger charge is -2.40. The van der Waals surface area contributed by atoms with E-state index in [2.05, 4.69) is 29.8 Å². The molecule has 106 valence electrons. The Labute approximate surface area is 116 Å². The summed E-state index contributed by atoms with van der Waals surface area (Å²) in [4.78, 5) is 6.82. The average molecular weight is 263 g/mol. The second-order valence-electron chi connectivity index (χ2n) is 5.77. The molecule has 2 atom stereocenters. The second kappa shape index (κ2) is 6.35. The number of nitrogens with two attached hydrogens (primary N) is 1. The normalized spacial score (nSPS) is 24.7. The van der Waals surface area contributed by atoms with Gasteiger partial charge in [0, 0.05) is 24.8 Å². The van der Waals surface area contributed by atoms with Gasteiger partial charge in [0.15, 0.2) is 0 Å². The van der Waals surface area contributed by atoms with Gasteiger partial charge in [-0.1, -0.05) is 19.9 Å². The Hall–Kier alpha value is -1.13. The van der Waals surface area contributed by atoms with Crippen LogP contribution in [0.25, 0.3) is 0 Å². The molecular weight excluding hydrogens is 238 g/mol. The minimum atomic E-state index is 0.197. The molecular formula is C15H25N3O. The van der Waals surface area contributed by atoms with Crippen molar-refractivity contribution in [2.45, 2.75) is 38.8 Å². The van der Waals surface area contributed by atoms with Crippen molar-refractivity contribution in [3.05, 3.63) is 23.9 Å². The number of aromatic nitrogens is 1. The van der Waals surface area contributed by atoms with Crippen molar-refractivity contribution in [2.24, 2.45) is 11.7 Å². The van der Waals surface area contributed by atoms with Crippen molar-refractivity contribution in [1.29, 1.82) is 0 Å².